The van der Waals surface area contributed by atoms with Gasteiger partial charge in [0.25, 0.3) is 0 Å². The maximum Gasteiger partial charge on any atom is 0.128 e. The summed E-state index contributed by atoms with van der Waals surface area (Å²) >= 11 is 3.46. The van der Waals surface area contributed by atoms with Crippen LogP contribution in [0.1, 0.15) is 18.5 Å². The highest BCUT2D eigenvalue weighted by molar-refractivity contribution is 9.10. The van der Waals surface area contributed by atoms with Gasteiger partial charge in [-0.1, -0.05) is 18.2 Å². The summed E-state index contributed by atoms with van der Waals surface area (Å²) in [5.74, 6) is -0.179. The lowest BCUT2D eigenvalue weighted by molar-refractivity contribution is 0.585. The molecule has 1 heterocycles. The first-order valence-corrected chi connectivity index (χ1v) is 6.47. The van der Waals surface area contributed by atoms with E-state index >= 15 is 0 Å². The van der Waals surface area contributed by atoms with Crippen molar-refractivity contribution in [3.05, 3.63) is 58.6 Å². The molecule has 0 aliphatic carbocycles. The Morgan fingerprint density at radius 1 is 1.28 bits per heavy atom. The monoisotopic (exact) mass is 308 g/mol. The summed E-state index contributed by atoms with van der Waals surface area (Å²) in [5, 5.41) is 0. The van der Waals surface area contributed by atoms with Gasteiger partial charge < -0.3 is 4.90 Å². The van der Waals surface area contributed by atoms with Gasteiger partial charge in [-0.2, -0.15) is 0 Å². The Balaban J connectivity index is 2.33. The molecule has 18 heavy (non-hydrogen) atoms. The molecule has 0 aliphatic rings. The molecule has 0 aliphatic heterocycles. The minimum atomic E-state index is -0.179. The fourth-order valence-corrected chi connectivity index (χ4v) is 2.42. The molecule has 1 aromatic heterocycles. The van der Waals surface area contributed by atoms with Gasteiger partial charge in [-0.05, 0) is 35.0 Å². The van der Waals surface area contributed by atoms with Crippen LogP contribution in [0, 0.1) is 5.82 Å². The molecule has 0 fully saturated rings. The van der Waals surface area contributed by atoms with E-state index in [0.29, 0.717) is 5.56 Å². The van der Waals surface area contributed by atoms with E-state index in [1.54, 1.807) is 18.5 Å². The van der Waals surface area contributed by atoms with E-state index in [1.807, 2.05) is 37.1 Å². The zero-order valence-electron chi connectivity index (χ0n) is 10.3. The van der Waals surface area contributed by atoms with Gasteiger partial charge in [0.2, 0.25) is 0 Å². The van der Waals surface area contributed by atoms with Crippen molar-refractivity contribution in [3.63, 3.8) is 0 Å². The molecule has 2 nitrogen and oxygen atoms in total. The first-order chi connectivity index (χ1) is 8.61. The van der Waals surface area contributed by atoms with Crippen LogP contribution in [-0.2, 0) is 0 Å². The Labute approximate surface area is 115 Å². The molecule has 0 spiro atoms. The zero-order chi connectivity index (χ0) is 13.1. The van der Waals surface area contributed by atoms with Crippen molar-refractivity contribution in [2.45, 2.75) is 13.0 Å². The zero-order valence-corrected chi connectivity index (χ0v) is 11.9. The second-order valence-corrected chi connectivity index (χ2v) is 4.99. The molecule has 0 bridgehead atoms. The number of hydrogen-bond acceptors (Lipinski definition) is 2. The molecule has 0 saturated heterocycles. The molecule has 0 N–H and O–H groups in total. The van der Waals surface area contributed by atoms with Crippen LogP contribution in [0.25, 0.3) is 0 Å². The Bertz CT molecular complexity index is 495. The highest BCUT2D eigenvalue weighted by atomic mass is 79.9. The van der Waals surface area contributed by atoms with Crippen molar-refractivity contribution < 1.29 is 4.39 Å². The first kappa shape index (κ1) is 13.0. The Kier molecular flexibility index (Phi) is 3.97. The second kappa shape index (κ2) is 5.48. The van der Waals surface area contributed by atoms with Crippen molar-refractivity contribution in [1.82, 2.24) is 4.98 Å². The molecule has 2 aromatic rings. The lowest BCUT2D eigenvalue weighted by Crippen LogP contribution is -2.22. The normalized spacial score (nSPS) is 12.2. The van der Waals surface area contributed by atoms with Crippen LogP contribution in [0.2, 0.25) is 0 Å². The van der Waals surface area contributed by atoms with Gasteiger partial charge in [0, 0.05) is 25.0 Å². The third-order valence-corrected chi connectivity index (χ3v) is 3.68. The van der Waals surface area contributed by atoms with Gasteiger partial charge >= 0.3 is 0 Å². The Morgan fingerprint density at radius 2 is 2.00 bits per heavy atom. The van der Waals surface area contributed by atoms with Gasteiger partial charge in [-0.25, -0.2) is 4.39 Å². The van der Waals surface area contributed by atoms with Gasteiger partial charge in [0.05, 0.1) is 16.2 Å². The van der Waals surface area contributed by atoms with Gasteiger partial charge in [0.15, 0.2) is 0 Å². The average Bonchev–Trinajstić information content (AvgIpc) is 2.38. The third-order valence-electron chi connectivity index (χ3n) is 3.07. The number of benzene rings is 1. The largest absolute Gasteiger partial charge is 0.367 e. The molecule has 4 heteroatoms. The van der Waals surface area contributed by atoms with Crippen molar-refractivity contribution in [2.24, 2.45) is 0 Å². The van der Waals surface area contributed by atoms with Crippen molar-refractivity contribution in [3.8, 4) is 0 Å². The lowest BCUT2D eigenvalue weighted by Gasteiger charge is -2.28. The summed E-state index contributed by atoms with van der Waals surface area (Å²) in [5.41, 5.74) is 1.67. The molecule has 0 saturated carbocycles. The van der Waals surface area contributed by atoms with E-state index < -0.39 is 0 Å². The number of nitrogens with zero attached hydrogens (tertiary/aromatic N) is 2. The number of hydrogen-bond donors (Lipinski definition) is 0. The molecule has 1 aromatic carbocycles. The van der Waals surface area contributed by atoms with Crippen LogP contribution in [0.15, 0.2) is 47.2 Å². The number of halogens is 2. The Hall–Kier alpha value is -1.42. The van der Waals surface area contributed by atoms with E-state index in [0.717, 1.165) is 10.2 Å². The van der Waals surface area contributed by atoms with E-state index in [9.17, 15) is 4.39 Å². The minimum absolute atomic E-state index is 0.0510. The van der Waals surface area contributed by atoms with Crippen molar-refractivity contribution in [2.75, 3.05) is 11.9 Å². The van der Waals surface area contributed by atoms with Crippen LogP contribution in [-0.4, -0.2) is 12.0 Å². The summed E-state index contributed by atoms with van der Waals surface area (Å²) in [6.45, 7) is 1.98. The molecular weight excluding hydrogens is 295 g/mol. The highest BCUT2D eigenvalue weighted by Crippen LogP contribution is 2.31. The summed E-state index contributed by atoms with van der Waals surface area (Å²) in [4.78, 5) is 6.05. The predicted molar refractivity (Wildman–Crippen MR) is 75.2 cm³/mol. The molecule has 94 valence electrons. The topological polar surface area (TPSA) is 16.1 Å². The number of pyridine rings is 1. The fourth-order valence-electron chi connectivity index (χ4n) is 1.89. The van der Waals surface area contributed by atoms with Crippen LogP contribution >= 0.6 is 15.9 Å². The molecular formula is C14H14BrFN2. The van der Waals surface area contributed by atoms with E-state index in [4.69, 9.17) is 0 Å². The summed E-state index contributed by atoms with van der Waals surface area (Å²) in [6.07, 6.45) is 3.46. The average molecular weight is 309 g/mol. The molecule has 2 rings (SSSR count). The molecule has 1 unspecified atom stereocenters. The third kappa shape index (κ3) is 2.53. The van der Waals surface area contributed by atoms with E-state index in [2.05, 4.69) is 20.9 Å². The van der Waals surface area contributed by atoms with Crippen LogP contribution in [0.3, 0.4) is 0 Å². The minimum Gasteiger partial charge on any atom is -0.367 e. The molecule has 1 atom stereocenters. The quantitative estimate of drug-likeness (QED) is 0.845. The standard InChI is InChI=1S/C14H14BrFN2/c1-10(11-5-3-4-6-13(11)16)18(2)14-7-8-17-9-12(14)15/h3-10H,1-2H3. The van der Waals surface area contributed by atoms with Crippen LogP contribution in [0.5, 0.6) is 0 Å². The fraction of sp³-hybridized carbons (Fsp3) is 0.214. The van der Waals surface area contributed by atoms with Crippen molar-refractivity contribution in [1.29, 1.82) is 0 Å². The molecule has 0 radical (unpaired) electrons. The lowest BCUT2D eigenvalue weighted by atomic mass is 10.1. The first-order valence-electron chi connectivity index (χ1n) is 5.68. The van der Waals surface area contributed by atoms with Crippen LogP contribution < -0.4 is 4.90 Å². The maximum absolute atomic E-state index is 13.8. The summed E-state index contributed by atoms with van der Waals surface area (Å²) < 4.78 is 14.7. The SMILES string of the molecule is CC(c1ccccc1F)N(C)c1ccncc1Br. The number of anilines is 1. The second-order valence-electron chi connectivity index (χ2n) is 4.14. The smallest absolute Gasteiger partial charge is 0.128 e. The van der Waals surface area contributed by atoms with Gasteiger partial charge in [0.1, 0.15) is 5.82 Å². The predicted octanol–water partition coefficient (Wildman–Crippen LogP) is 4.18. The maximum atomic E-state index is 13.8. The number of aromatic nitrogens is 1. The van der Waals surface area contributed by atoms with Gasteiger partial charge in [-0.3, -0.25) is 4.98 Å². The number of rotatable bonds is 3. The highest BCUT2D eigenvalue weighted by Gasteiger charge is 2.17. The Morgan fingerprint density at radius 3 is 2.67 bits per heavy atom. The van der Waals surface area contributed by atoms with Gasteiger partial charge in [-0.15, -0.1) is 0 Å². The van der Waals surface area contributed by atoms with Crippen molar-refractivity contribution >= 4 is 21.6 Å². The van der Waals surface area contributed by atoms with E-state index in [1.165, 1.54) is 6.07 Å². The summed E-state index contributed by atoms with van der Waals surface area (Å²) in [6, 6.07) is 8.71. The van der Waals surface area contributed by atoms with E-state index in [-0.39, 0.29) is 11.9 Å². The molecule has 0 amide bonds. The summed E-state index contributed by atoms with van der Waals surface area (Å²) in [7, 11) is 1.94. The van der Waals surface area contributed by atoms with Crippen LogP contribution in [0.4, 0.5) is 10.1 Å².